The first-order valence-corrected chi connectivity index (χ1v) is 5.63. The number of aromatic nitrogens is 2. The van der Waals surface area contributed by atoms with Crippen molar-refractivity contribution in [3.05, 3.63) is 11.9 Å². The molecule has 1 heterocycles. The van der Waals surface area contributed by atoms with Crippen molar-refractivity contribution < 1.29 is 4.79 Å². The summed E-state index contributed by atoms with van der Waals surface area (Å²) in [6, 6.07) is 2.02. The fourth-order valence-corrected chi connectivity index (χ4v) is 1.50. The van der Waals surface area contributed by atoms with Crippen molar-refractivity contribution in [3.63, 3.8) is 0 Å². The summed E-state index contributed by atoms with van der Waals surface area (Å²) in [6.45, 7) is 5.40. The third-order valence-electron chi connectivity index (χ3n) is 2.48. The number of amides is 1. The van der Waals surface area contributed by atoms with Crippen LogP contribution in [0, 0.1) is 11.3 Å². The van der Waals surface area contributed by atoms with Crippen LogP contribution in [0.15, 0.2) is 6.20 Å². The van der Waals surface area contributed by atoms with Crippen molar-refractivity contribution in [2.45, 2.75) is 26.8 Å². The topological polar surface area (TPSA) is 87.9 Å². The first kappa shape index (κ1) is 13.0. The van der Waals surface area contributed by atoms with Crippen LogP contribution in [-0.4, -0.2) is 33.7 Å². The molecule has 0 atom stereocenters. The van der Waals surface area contributed by atoms with Gasteiger partial charge in [0.2, 0.25) is 0 Å². The van der Waals surface area contributed by atoms with Crippen molar-refractivity contribution in [1.82, 2.24) is 14.7 Å². The highest BCUT2D eigenvalue weighted by atomic mass is 16.2. The van der Waals surface area contributed by atoms with E-state index in [0.29, 0.717) is 31.7 Å². The molecule has 1 aromatic rings. The van der Waals surface area contributed by atoms with Crippen LogP contribution >= 0.6 is 0 Å². The van der Waals surface area contributed by atoms with E-state index in [4.69, 9.17) is 11.0 Å². The Labute approximate surface area is 101 Å². The van der Waals surface area contributed by atoms with Gasteiger partial charge in [-0.1, -0.05) is 0 Å². The predicted molar refractivity (Wildman–Crippen MR) is 64.1 cm³/mol. The molecule has 0 radical (unpaired) electrons. The lowest BCUT2D eigenvalue weighted by atomic mass is 10.3. The lowest BCUT2D eigenvalue weighted by Gasteiger charge is -2.18. The smallest absolute Gasteiger partial charge is 0.276 e. The Hall–Kier alpha value is -2.03. The summed E-state index contributed by atoms with van der Waals surface area (Å²) in [5.74, 6) is -0.215. The van der Waals surface area contributed by atoms with Gasteiger partial charge in [0.25, 0.3) is 5.91 Å². The number of carbonyl (C=O) groups excluding carboxylic acids is 1. The summed E-state index contributed by atoms with van der Waals surface area (Å²) in [7, 11) is 0. The van der Waals surface area contributed by atoms with Gasteiger partial charge in [0.15, 0.2) is 5.69 Å². The Morgan fingerprint density at radius 3 is 2.82 bits per heavy atom. The van der Waals surface area contributed by atoms with Crippen LogP contribution in [0.2, 0.25) is 0 Å². The maximum atomic E-state index is 12.1. The number of aryl methyl sites for hydroxylation is 1. The van der Waals surface area contributed by atoms with E-state index in [1.165, 1.54) is 0 Å². The standard InChI is InChI=1S/C11H17N5O/c1-3-15(7-5-6-12)11(17)10-9(13)8-16(4-2)14-10/h8H,3-5,7,13H2,1-2H3. The third-order valence-corrected chi connectivity index (χ3v) is 2.48. The second-order valence-electron chi connectivity index (χ2n) is 3.58. The molecule has 2 N–H and O–H groups in total. The Balaban J connectivity index is 2.86. The molecule has 0 bridgehead atoms. The highest BCUT2D eigenvalue weighted by Gasteiger charge is 2.19. The molecule has 0 aliphatic carbocycles. The average molecular weight is 235 g/mol. The minimum Gasteiger partial charge on any atom is -0.396 e. The number of nitrogens with two attached hydrogens (primary N) is 1. The summed E-state index contributed by atoms with van der Waals surface area (Å²) in [5, 5.41) is 12.7. The van der Waals surface area contributed by atoms with Crippen LogP contribution in [0.4, 0.5) is 5.69 Å². The molecule has 0 aromatic carbocycles. The van der Waals surface area contributed by atoms with E-state index in [9.17, 15) is 4.79 Å². The molecule has 6 nitrogen and oxygen atoms in total. The van der Waals surface area contributed by atoms with Gasteiger partial charge in [0.1, 0.15) is 0 Å². The third kappa shape index (κ3) is 2.97. The van der Waals surface area contributed by atoms with Gasteiger partial charge in [0.05, 0.1) is 18.2 Å². The zero-order valence-electron chi connectivity index (χ0n) is 10.2. The van der Waals surface area contributed by atoms with Crippen molar-refractivity contribution >= 4 is 11.6 Å². The van der Waals surface area contributed by atoms with E-state index in [1.54, 1.807) is 15.8 Å². The number of anilines is 1. The van der Waals surface area contributed by atoms with Crippen LogP contribution in [0.3, 0.4) is 0 Å². The van der Waals surface area contributed by atoms with Gasteiger partial charge in [-0.3, -0.25) is 9.48 Å². The van der Waals surface area contributed by atoms with E-state index in [0.717, 1.165) is 0 Å². The Morgan fingerprint density at radius 1 is 1.65 bits per heavy atom. The van der Waals surface area contributed by atoms with E-state index in [-0.39, 0.29) is 11.6 Å². The molecule has 6 heteroatoms. The van der Waals surface area contributed by atoms with Crippen LogP contribution in [0.5, 0.6) is 0 Å². The molecule has 1 aromatic heterocycles. The zero-order valence-corrected chi connectivity index (χ0v) is 10.2. The minimum absolute atomic E-state index is 0.215. The van der Waals surface area contributed by atoms with Crippen LogP contribution in [-0.2, 0) is 6.54 Å². The maximum Gasteiger partial charge on any atom is 0.276 e. The highest BCUT2D eigenvalue weighted by Crippen LogP contribution is 2.12. The molecular formula is C11H17N5O. The second kappa shape index (κ2) is 5.89. The number of nitrogen functional groups attached to an aromatic ring is 1. The lowest BCUT2D eigenvalue weighted by molar-refractivity contribution is 0.0762. The normalized spacial score (nSPS) is 9.94. The van der Waals surface area contributed by atoms with Crippen molar-refractivity contribution in [2.24, 2.45) is 0 Å². The first-order chi connectivity index (χ1) is 8.13. The lowest BCUT2D eigenvalue weighted by Crippen LogP contribution is -2.32. The molecule has 17 heavy (non-hydrogen) atoms. The molecule has 0 saturated heterocycles. The molecule has 0 saturated carbocycles. The molecule has 0 aliphatic heterocycles. The molecule has 0 spiro atoms. The van der Waals surface area contributed by atoms with Gasteiger partial charge in [-0.05, 0) is 13.8 Å². The van der Waals surface area contributed by atoms with Gasteiger partial charge >= 0.3 is 0 Å². The number of carbonyl (C=O) groups is 1. The van der Waals surface area contributed by atoms with Gasteiger partial charge in [-0.2, -0.15) is 10.4 Å². The second-order valence-corrected chi connectivity index (χ2v) is 3.58. The molecule has 0 fully saturated rings. The monoisotopic (exact) mass is 235 g/mol. The fourth-order valence-electron chi connectivity index (χ4n) is 1.50. The molecule has 0 aliphatic rings. The van der Waals surface area contributed by atoms with Gasteiger partial charge in [-0.15, -0.1) is 0 Å². The van der Waals surface area contributed by atoms with Gasteiger partial charge in [0, 0.05) is 25.8 Å². The number of nitriles is 1. The SMILES string of the molecule is CCN(CCC#N)C(=O)c1nn(CC)cc1N. The summed E-state index contributed by atoms with van der Waals surface area (Å²) >= 11 is 0. The van der Waals surface area contributed by atoms with Crippen LogP contribution < -0.4 is 5.73 Å². The summed E-state index contributed by atoms with van der Waals surface area (Å²) < 4.78 is 1.63. The van der Waals surface area contributed by atoms with E-state index >= 15 is 0 Å². The molecule has 0 unspecified atom stereocenters. The minimum atomic E-state index is -0.215. The van der Waals surface area contributed by atoms with E-state index in [2.05, 4.69) is 5.10 Å². The van der Waals surface area contributed by atoms with Crippen molar-refractivity contribution in [3.8, 4) is 6.07 Å². The summed E-state index contributed by atoms with van der Waals surface area (Å²) in [6.07, 6.45) is 1.96. The Bertz CT molecular complexity index is 432. The van der Waals surface area contributed by atoms with E-state index in [1.807, 2.05) is 19.9 Å². The van der Waals surface area contributed by atoms with Gasteiger partial charge in [-0.25, -0.2) is 0 Å². The number of hydrogen-bond donors (Lipinski definition) is 1. The van der Waals surface area contributed by atoms with Crippen LogP contribution in [0.1, 0.15) is 30.8 Å². The average Bonchev–Trinajstić information content (AvgIpc) is 2.71. The zero-order chi connectivity index (χ0) is 12.8. The molecule has 1 amide bonds. The molecule has 92 valence electrons. The van der Waals surface area contributed by atoms with Crippen molar-refractivity contribution in [2.75, 3.05) is 18.8 Å². The van der Waals surface area contributed by atoms with Gasteiger partial charge < -0.3 is 10.6 Å². The Kier molecular flexibility index (Phi) is 4.52. The number of hydrogen-bond acceptors (Lipinski definition) is 4. The maximum absolute atomic E-state index is 12.1. The van der Waals surface area contributed by atoms with Crippen LogP contribution in [0.25, 0.3) is 0 Å². The van der Waals surface area contributed by atoms with Crippen molar-refractivity contribution in [1.29, 1.82) is 5.26 Å². The summed E-state index contributed by atoms with van der Waals surface area (Å²) in [5.41, 5.74) is 6.39. The summed E-state index contributed by atoms with van der Waals surface area (Å²) in [4.78, 5) is 13.7. The molecular weight excluding hydrogens is 218 g/mol. The fraction of sp³-hybridized carbons (Fsp3) is 0.545. The number of nitrogens with zero attached hydrogens (tertiary/aromatic N) is 4. The quantitative estimate of drug-likeness (QED) is 0.819. The number of rotatable bonds is 5. The largest absolute Gasteiger partial charge is 0.396 e. The highest BCUT2D eigenvalue weighted by molar-refractivity contribution is 5.97. The molecule has 1 rings (SSSR count). The van der Waals surface area contributed by atoms with E-state index < -0.39 is 0 Å². The Morgan fingerprint density at radius 2 is 2.35 bits per heavy atom. The predicted octanol–water partition coefficient (Wildman–Crippen LogP) is 0.861. The first-order valence-electron chi connectivity index (χ1n) is 5.63.